The van der Waals surface area contributed by atoms with Crippen LogP contribution in [-0.2, 0) is 34.2 Å². The number of rotatable bonds is 10. The van der Waals surface area contributed by atoms with Gasteiger partial charge in [0, 0.05) is 23.6 Å². The van der Waals surface area contributed by atoms with Crippen LogP contribution in [0.25, 0.3) is 10.9 Å². The van der Waals surface area contributed by atoms with E-state index in [1.54, 1.807) is 4.57 Å². The summed E-state index contributed by atoms with van der Waals surface area (Å²) in [4.78, 5) is 25.8. The fraction of sp³-hybridized carbons (Fsp3) is 0.378. The molecule has 0 saturated heterocycles. The van der Waals surface area contributed by atoms with E-state index >= 15 is 0 Å². The zero-order valence-corrected chi connectivity index (χ0v) is 25.7. The summed E-state index contributed by atoms with van der Waals surface area (Å²) in [5.74, 6) is 0.262. The highest BCUT2D eigenvalue weighted by Gasteiger charge is 2.27. The highest BCUT2D eigenvalue weighted by Crippen LogP contribution is 2.29. The molecule has 1 atom stereocenters. The lowest BCUT2D eigenvalue weighted by Crippen LogP contribution is -2.23. The van der Waals surface area contributed by atoms with E-state index in [1.807, 2.05) is 82.4 Å². The van der Waals surface area contributed by atoms with Gasteiger partial charge < -0.3 is 4.74 Å². The molecule has 0 unspecified atom stereocenters. The molecular formula is C37H42N2O3. The van der Waals surface area contributed by atoms with Gasteiger partial charge in [0.25, 0.3) is 5.91 Å². The largest absolute Gasteiger partial charge is 0.460 e. The first-order valence-corrected chi connectivity index (χ1v) is 14.8. The summed E-state index contributed by atoms with van der Waals surface area (Å²) < 4.78 is 7.14. The fourth-order valence-electron chi connectivity index (χ4n) is 5.43. The molecule has 0 fully saturated rings. The Balaban J connectivity index is 1.48. The number of ether oxygens (including phenoxy) is 1. The molecule has 0 aliphatic heterocycles. The molecule has 0 spiro atoms. The van der Waals surface area contributed by atoms with Crippen LogP contribution in [0, 0.1) is 17.2 Å². The van der Waals surface area contributed by atoms with Crippen LogP contribution < -0.4 is 0 Å². The summed E-state index contributed by atoms with van der Waals surface area (Å²) in [5.41, 5.74) is 4.56. The molecule has 5 heteroatoms. The predicted molar refractivity (Wildman–Crippen MR) is 169 cm³/mol. The number of nitriles is 1. The summed E-state index contributed by atoms with van der Waals surface area (Å²) in [6.45, 7) is 12.0. The number of carbonyl (C=O) groups is 2. The predicted octanol–water partition coefficient (Wildman–Crippen LogP) is 8.22. The lowest BCUT2D eigenvalue weighted by atomic mass is 9.78. The van der Waals surface area contributed by atoms with E-state index < -0.39 is 11.0 Å². The Morgan fingerprint density at radius 2 is 1.55 bits per heavy atom. The first-order valence-electron chi connectivity index (χ1n) is 14.8. The minimum Gasteiger partial charge on any atom is -0.460 e. The number of fused-ring (bicyclic) bond motifs is 1. The number of hydrogen-bond acceptors (Lipinski definition) is 4. The van der Waals surface area contributed by atoms with E-state index in [9.17, 15) is 14.9 Å². The minimum atomic E-state index is -0.674. The quantitative estimate of drug-likeness (QED) is 0.183. The lowest BCUT2D eigenvalue weighted by molar-refractivity contribution is -0.154. The van der Waals surface area contributed by atoms with Gasteiger partial charge in [-0.1, -0.05) is 68.4 Å². The summed E-state index contributed by atoms with van der Waals surface area (Å²) in [6.07, 6.45) is 5.11. The van der Waals surface area contributed by atoms with Crippen molar-refractivity contribution in [3.8, 4) is 6.07 Å². The van der Waals surface area contributed by atoms with Crippen molar-refractivity contribution in [1.29, 1.82) is 5.26 Å². The maximum atomic E-state index is 13.6. The Labute approximate surface area is 250 Å². The second kappa shape index (κ2) is 12.8. The normalized spacial score (nSPS) is 13.1. The van der Waals surface area contributed by atoms with Crippen molar-refractivity contribution in [2.45, 2.75) is 84.7 Å². The molecule has 1 aromatic heterocycles. The summed E-state index contributed by atoms with van der Waals surface area (Å²) in [6, 6.07) is 26.4. The molecule has 0 saturated carbocycles. The van der Waals surface area contributed by atoms with Crippen LogP contribution in [0.15, 0.2) is 79.0 Å². The minimum absolute atomic E-state index is 0.111. The van der Waals surface area contributed by atoms with Crippen molar-refractivity contribution >= 4 is 22.8 Å². The fourth-order valence-corrected chi connectivity index (χ4v) is 5.43. The molecule has 218 valence electrons. The molecule has 42 heavy (non-hydrogen) atoms. The Bertz CT molecular complexity index is 1580. The number of nitrogens with zero attached hydrogens (tertiary/aromatic N) is 2. The summed E-state index contributed by atoms with van der Waals surface area (Å²) >= 11 is 0. The topological polar surface area (TPSA) is 72.1 Å². The van der Waals surface area contributed by atoms with Crippen molar-refractivity contribution in [3.63, 3.8) is 0 Å². The van der Waals surface area contributed by atoms with E-state index in [2.05, 4.69) is 44.2 Å². The van der Waals surface area contributed by atoms with Gasteiger partial charge in [0.2, 0.25) is 0 Å². The number of para-hydroxylation sites is 1. The van der Waals surface area contributed by atoms with Crippen molar-refractivity contribution in [3.05, 3.63) is 107 Å². The maximum Gasteiger partial charge on any atom is 0.306 e. The SMILES string of the molecule is CC(C)Cc1ccc([C@@](C)(C#N)Cc2ccc(C(=O)n3cc(CCCC(=O)OC(C)(C)C)c4ccccc43)cc2)cc1. The Morgan fingerprint density at radius 3 is 2.17 bits per heavy atom. The first-order chi connectivity index (χ1) is 19.9. The molecule has 4 rings (SSSR count). The average Bonchev–Trinajstić information content (AvgIpc) is 3.30. The first kappa shape index (κ1) is 30.8. The van der Waals surface area contributed by atoms with E-state index in [-0.39, 0.29) is 11.9 Å². The molecule has 1 heterocycles. The van der Waals surface area contributed by atoms with Crippen LogP contribution in [0.5, 0.6) is 0 Å². The van der Waals surface area contributed by atoms with Gasteiger partial charge in [-0.25, -0.2) is 0 Å². The van der Waals surface area contributed by atoms with E-state index in [1.165, 1.54) is 5.56 Å². The zero-order valence-electron chi connectivity index (χ0n) is 25.7. The average molecular weight is 563 g/mol. The molecule has 0 aliphatic rings. The number of aromatic nitrogens is 1. The van der Waals surface area contributed by atoms with Gasteiger partial charge in [-0.15, -0.1) is 0 Å². The zero-order chi connectivity index (χ0) is 30.5. The molecule has 3 aromatic carbocycles. The standard InChI is InChI=1S/C37H42N2O3/c1-26(2)22-27-16-20-31(21-17-27)37(6,25-38)23-28-14-18-29(19-15-28)35(41)39-24-30(32-11-7-8-12-33(32)39)10-9-13-34(40)42-36(3,4)5/h7-8,11-12,14-21,24,26H,9-10,13,22-23H2,1-6H3/t37-/m1/s1. The van der Waals surface area contributed by atoms with Crippen LogP contribution in [0.2, 0.25) is 0 Å². The molecule has 4 aromatic rings. The van der Waals surface area contributed by atoms with Crippen molar-refractivity contribution in [2.24, 2.45) is 5.92 Å². The van der Waals surface area contributed by atoms with Gasteiger partial charge in [-0.3, -0.25) is 14.2 Å². The second-order valence-electron chi connectivity index (χ2n) is 12.9. The van der Waals surface area contributed by atoms with Gasteiger partial charge in [-0.2, -0.15) is 5.26 Å². The number of carbonyl (C=O) groups excluding carboxylic acids is 2. The van der Waals surface area contributed by atoms with Gasteiger partial charge in [-0.05, 0) is 99.7 Å². The third-order valence-corrected chi connectivity index (χ3v) is 7.50. The van der Waals surface area contributed by atoms with E-state index in [0.29, 0.717) is 37.2 Å². The maximum absolute atomic E-state index is 13.6. The number of benzene rings is 3. The molecular weight excluding hydrogens is 520 g/mol. The Kier molecular flexibility index (Phi) is 9.36. The van der Waals surface area contributed by atoms with E-state index in [0.717, 1.165) is 34.0 Å². The molecule has 5 nitrogen and oxygen atoms in total. The van der Waals surface area contributed by atoms with Gasteiger partial charge in [0.05, 0.1) is 17.0 Å². The van der Waals surface area contributed by atoms with Gasteiger partial charge >= 0.3 is 5.97 Å². The third kappa shape index (κ3) is 7.56. The third-order valence-electron chi connectivity index (χ3n) is 7.50. The lowest BCUT2D eigenvalue weighted by Gasteiger charge is -2.23. The van der Waals surface area contributed by atoms with Crippen LogP contribution in [0.4, 0.5) is 0 Å². The van der Waals surface area contributed by atoms with E-state index in [4.69, 9.17) is 4.74 Å². The summed E-state index contributed by atoms with van der Waals surface area (Å²) in [7, 11) is 0. The molecule has 0 radical (unpaired) electrons. The highest BCUT2D eigenvalue weighted by molar-refractivity contribution is 6.03. The molecule has 0 amide bonds. The number of esters is 1. The molecule has 0 aliphatic carbocycles. The summed E-state index contributed by atoms with van der Waals surface area (Å²) in [5, 5.41) is 11.1. The number of hydrogen-bond donors (Lipinski definition) is 0. The van der Waals surface area contributed by atoms with Crippen molar-refractivity contribution in [2.75, 3.05) is 0 Å². The molecule has 0 N–H and O–H groups in total. The van der Waals surface area contributed by atoms with Gasteiger partial charge in [0.1, 0.15) is 5.60 Å². The monoisotopic (exact) mass is 562 g/mol. The second-order valence-corrected chi connectivity index (χ2v) is 12.9. The van der Waals surface area contributed by atoms with Crippen molar-refractivity contribution < 1.29 is 14.3 Å². The van der Waals surface area contributed by atoms with Crippen LogP contribution in [-0.4, -0.2) is 22.0 Å². The Hall–Kier alpha value is -4.17. The smallest absolute Gasteiger partial charge is 0.306 e. The van der Waals surface area contributed by atoms with Crippen LogP contribution in [0.3, 0.4) is 0 Å². The van der Waals surface area contributed by atoms with Crippen molar-refractivity contribution in [1.82, 2.24) is 4.57 Å². The van der Waals surface area contributed by atoms with Gasteiger partial charge in [0.15, 0.2) is 0 Å². The van der Waals surface area contributed by atoms with Crippen LogP contribution >= 0.6 is 0 Å². The molecule has 0 bridgehead atoms. The highest BCUT2D eigenvalue weighted by atomic mass is 16.6. The van der Waals surface area contributed by atoms with Crippen LogP contribution in [0.1, 0.15) is 87.0 Å². The number of aryl methyl sites for hydroxylation is 1. The Morgan fingerprint density at radius 1 is 0.905 bits per heavy atom.